The molecule has 0 N–H and O–H groups in total. The molecule has 1 fully saturated rings. The van der Waals surface area contributed by atoms with Crippen molar-refractivity contribution < 1.29 is 9.59 Å². The van der Waals surface area contributed by atoms with Crippen LogP contribution in [-0.2, 0) is 16.6 Å². The SMILES string of the molecule is Cc1ccc(N2C(=O)CC(c3cn(C)c4ccccc34)C2=O)cc1. The lowest BCUT2D eigenvalue weighted by atomic mass is 9.97. The van der Waals surface area contributed by atoms with E-state index in [-0.39, 0.29) is 18.2 Å². The minimum Gasteiger partial charge on any atom is -0.350 e. The maximum Gasteiger partial charge on any atom is 0.241 e. The Labute approximate surface area is 140 Å². The lowest BCUT2D eigenvalue weighted by molar-refractivity contribution is -0.121. The zero-order chi connectivity index (χ0) is 16.8. The number of anilines is 1. The van der Waals surface area contributed by atoms with Crippen LogP contribution in [-0.4, -0.2) is 16.4 Å². The molecule has 1 aromatic heterocycles. The van der Waals surface area contributed by atoms with E-state index in [1.54, 1.807) is 0 Å². The van der Waals surface area contributed by atoms with Crippen molar-refractivity contribution in [2.24, 2.45) is 7.05 Å². The molecule has 0 radical (unpaired) electrons. The number of aromatic nitrogens is 1. The molecule has 2 aromatic carbocycles. The number of carbonyl (C=O) groups excluding carboxylic acids is 2. The van der Waals surface area contributed by atoms with Crippen molar-refractivity contribution in [2.75, 3.05) is 4.90 Å². The molecule has 24 heavy (non-hydrogen) atoms. The number of imide groups is 1. The first-order valence-corrected chi connectivity index (χ1v) is 8.03. The molecule has 0 bridgehead atoms. The molecule has 2 amide bonds. The Morgan fingerprint density at radius 3 is 2.46 bits per heavy atom. The minimum atomic E-state index is -0.412. The van der Waals surface area contributed by atoms with E-state index in [1.807, 2.05) is 73.3 Å². The van der Waals surface area contributed by atoms with Gasteiger partial charge in [-0.2, -0.15) is 0 Å². The third-order valence-electron chi connectivity index (χ3n) is 4.74. The molecule has 4 nitrogen and oxygen atoms in total. The van der Waals surface area contributed by atoms with Crippen LogP contribution in [0.4, 0.5) is 5.69 Å². The lowest BCUT2D eigenvalue weighted by Gasteiger charge is -2.15. The summed E-state index contributed by atoms with van der Waals surface area (Å²) in [5, 5.41) is 1.04. The summed E-state index contributed by atoms with van der Waals surface area (Å²) < 4.78 is 2.01. The maximum atomic E-state index is 13.0. The molecule has 120 valence electrons. The van der Waals surface area contributed by atoms with E-state index >= 15 is 0 Å². The molecule has 3 aromatic rings. The number of rotatable bonds is 2. The van der Waals surface area contributed by atoms with Crippen LogP contribution in [0.3, 0.4) is 0 Å². The van der Waals surface area contributed by atoms with Crippen LogP contribution >= 0.6 is 0 Å². The van der Waals surface area contributed by atoms with Crippen LogP contribution in [0.2, 0.25) is 0 Å². The number of carbonyl (C=O) groups is 2. The molecule has 1 aliphatic heterocycles. The van der Waals surface area contributed by atoms with Gasteiger partial charge in [-0.05, 0) is 30.7 Å². The number of hydrogen-bond donors (Lipinski definition) is 0. The molecule has 1 aliphatic rings. The highest BCUT2D eigenvalue weighted by atomic mass is 16.2. The Morgan fingerprint density at radius 2 is 1.71 bits per heavy atom. The Kier molecular flexibility index (Phi) is 3.27. The van der Waals surface area contributed by atoms with Gasteiger partial charge in [0.15, 0.2) is 0 Å². The Hall–Kier alpha value is -2.88. The van der Waals surface area contributed by atoms with E-state index in [1.165, 1.54) is 4.90 Å². The predicted octanol–water partition coefficient (Wildman–Crippen LogP) is 3.53. The molecular weight excluding hydrogens is 300 g/mol. The average molecular weight is 318 g/mol. The normalized spacial score (nSPS) is 17.9. The van der Waals surface area contributed by atoms with Crippen molar-refractivity contribution in [3.63, 3.8) is 0 Å². The summed E-state index contributed by atoms with van der Waals surface area (Å²) in [5.41, 5.74) is 3.75. The third kappa shape index (κ3) is 2.14. The van der Waals surface area contributed by atoms with Crippen molar-refractivity contribution in [3.05, 3.63) is 65.9 Å². The van der Waals surface area contributed by atoms with E-state index in [0.29, 0.717) is 5.69 Å². The molecule has 0 spiro atoms. The van der Waals surface area contributed by atoms with Crippen molar-refractivity contribution in [2.45, 2.75) is 19.3 Å². The van der Waals surface area contributed by atoms with Crippen LogP contribution < -0.4 is 4.90 Å². The summed E-state index contributed by atoms with van der Waals surface area (Å²) in [4.78, 5) is 26.8. The summed E-state index contributed by atoms with van der Waals surface area (Å²) >= 11 is 0. The Balaban J connectivity index is 1.76. The minimum absolute atomic E-state index is 0.137. The molecule has 2 heterocycles. The Morgan fingerprint density at radius 1 is 1.00 bits per heavy atom. The molecule has 4 heteroatoms. The fourth-order valence-corrected chi connectivity index (χ4v) is 3.49. The Bertz CT molecular complexity index is 953. The number of aryl methyl sites for hydroxylation is 2. The highest BCUT2D eigenvalue weighted by molar-refractivity contribution is 6.23. The zero-order valence-electron chi connectivity index (χ0n) is 13.7. The number of nitrogens with zero attached hydrogens (tertiary/aromatic N) is 2. The summed E-state index contributed by atoms with van der Waals surface area (Å²) in [5.74, 6) is -0.688. The van der Waals surface area contributed by atoms with Crippen LogP contribution in [0.15, 0.2) is 54.7 Å². The molecule has 4 rings (SSSR count). The van der Waals surface area contributed by atoms with Gasteiger partial charge in [0.2, 0.25) is 11.8 Å². The first-order valence-electron chi connectivity index (χ1n) is 8.03. The van der Waals surface area contributed by atoms with Gasteiger partial charge in [0.05, 0.1) is 11.6 Å². The van der Waals surface area contributed by atoms with Crippen LogP contribution in [0.1, 0.15) is 23.5 Å². The van der Waals surface area contributed by atoms with Gasteiger partial charge in [-0.25, -0.2) is 0 Å². The predicted molar refractivity (Wildman–Crippen MR) is 93.9 cm³/mol. The second kappa shape index (κ2) is 5.34. The van der Waals surface area contributed by atoms with Gasteiger partial charge in [-0.1, -0.05) is 35.9 Å². The molecule has 1 atom stereocenters. The first-order chi connectivity index (χ1) is 11.6. The van der Waals surface area contributed by atoms with Gasteiger partial charge >= 0.3 is 0 Å². The smallest absolute Gasteiger partial charge is 0.241 e. The molecule has 0 aliphatic carbocycles. The summed E-state index contributed by atoms with van der Waals surface area (Å²) in [7, 11) is 1.96. The summed E-state index contributed by atoms with van der Waals surface area (Å²) in [6, 6.07) is 15.5. The van der Waals surface area contributed by atoms with E-state index in [0.717, 1.165) is 22.0 Å². The quantitative estimate of drug-likeness (QED) is 0.678. The van der Waals surface area contributed by atoms with Gasteiger partial charge in [0.25, 0.3) is 0 Å². The van der Waals surface area contributed by atoms with Gasteiger partial charge in [0, 0.05) is 30.6 Å². The van der Waals surface area contributed by atoms with Crippen molar-refractivity contribution in [1.82, 2.24) is 4.57 Å². The lowest BCUT2D eigenvalue weighted by Crippen LogP contribution is -2.29. The van der Waals surface area contributed by atoms with Gasteiger partial charge in [-0.3, -0.25) is 14.5 Å². The zero-order valence-corrected chi connectivity index (χ0v) is 13.7. The van der Waals surface area contributed by atoms with Crippen LogP contribution in [0.5, 0.6) is 0 Å². The number of benzene rings is 2. The maximum absolute atomic E-state index is 13.0. The number of hydrogen-bond acceptors (Lipinski definition) is 2. The van der Waals surface area contributed by atoms with E-state index in [4.69, 9.17) is 0 Å². The summed E-state index contributed by atoms with van der Waals surface area (Å²) in [6.07, 6.45) is 2.19. The van der Waals surface area contributed by atoms with Crippen LogP contribution in [0.25, 0.3) is 10.9 Å². The molecule has 0 saturated carbocycles. The van der Waals surface area contributed by atoms with E-state index < -0.39 is 5.92 Å². The second-order valence-electron chi connectivity index (χ2n) is 6.37. The largest absolute Gasteiger partial charge is 0.350 e. The van der Waals surface area contributed by atoms with Gasteiger partial charge in [0.1, 0.15) is 0 Å². The highest BCUT2D eigenvalue weighted by Gasteiger charge is 2.41. The third-order valence-corrected chi connectivity index (χ3v) is 4.74. The topological polar surface area (TPSA) is 42.3 Å². The standard InChI is InChI=1S/C20H18N2O2/c1-13-7-9-14(10-8-13)22-19(23)11-16(20(22)24)17-12-21(2)18-6-4-3-5-15(17)18/h3-10,12,16H,11H2,1-2H3. The van der Waals surface area contributed by atoms with Crippen molar-refractivity contribution in [1.29, 1.82) is 0 Å². The highest BCUT2D eigenvalue weighted by Crippen LogP contribution is 2.37. The molecule has 1 unspecified atom stereocenters. The summed E-state index contributed by atoms with van der Waals surface area (Å²) in [6.45, 7) is 1.98. The number of fused-ring (bicyclic) bond motifs is 1. The first kappa shape index (κ1) is 14.7. The molecule has 1 saturated heterocycles. The van der Waals surface area contributed by atoms with E-state index in [9.17, 15) is 9.59 Å². The second-order valence-corrected chi connectivity index (χ2v) is 6.37. The fraction of sp³-hybridized carbons (Fsp3) is 0.200. The van der Waals surface area contributed by atoms with E-state index in [2.05, 4.69) is 0 Å². The fourth-order valence-electron chi connectivity index (χ4n) is 3.49. The monoisotopic (exact) mass is 318 g/mol. The van der Waals surface area contributed by atoms with Crippen molar-refractivity contribution in [3.8, 4) is 0 Å². The van der Waals surface area contributed by atoms with Crippen molar-refractivity contribution >= 4 is 28.4 Å². The van der Waals surface area contributed by atoms with Gasteiger partial charge < -0.3 is 4.57 Å². The van der Waals surface area contributed by atoms with Crippen LogP contribution in [0, 0.1) is 6.92 Å². The average Bonchev–Trinajstić information content (AvgIpc) is 3.06. The molecular formula is C20H18N2O2. The number of para-hydroxylation sites is 1. The van der Waals surface area contributed by atoms with Gasteiger partial charge in [-0.15, -0.1) is 0 Å². The number of amides is 2.